The highest BCUT2D eigenvalue weighted by Gasteiger charge is 2.18. The Morgan fingerprint density at radius 2 is 1.82 bits per heavy atom. The summed E-state index contributed by atoms with van der Waals surface area (Å²) in [5.74, 6) is -0.298. The fraction of sp³-hybridized carbons (Fsp3) is 0.143. The van der Waals surface area contributed by atoms with Crippen molar-refractivity contribution in [3.8, 4) is 17.6 Å². The van der Waals surface area contributed by atoms with Gasteiger partial charge in [-0.15, -0.1) is 0 Å². The van der Waals surface area contributed by atoms with Crippen LogP contribution in [0.15, 0.2) is 53.3 Å². The summed E-state index contributed by atoms with van der Waals surface area (Å²) < 4.78 is 1.18. The number of hydrogen-bond donors (Lipinski definition) is 2. The fourth-order valence-corrected chi connectivity index (χ4v) is 3.00. The molecule has 0 saturated carbocycles. The molecule has 2 aromatic carbocycles. The number of nitriles is 1. The van der Waals surface area contributed by atoms with E-state index >= 15 is 0 Å². The number of hydrogen-bond acceptors (Lipinski definition) is 4. The fourth-order valence-electron chi connectivity index (χ4n) is 2.70. The Morgan fingerprint density at radius 3 is 2.32 bits per heavy atom. The van der Waals surface area contributed by atoms with Crippen molar-refractivity contribution < 1.29 is 5.11 Å². The average Bonchev–Trinajstić information content (AvgIpc) is 2.67. The lowest BCUT2D eigenvalue weighted by atomic mass is 10.0. The molecule has 7 heteroatoms. The molecule has 1 heterocycles. The summed E-state index contributed by atoms with van der Waals surface area (Å²) in [5, 5.41) is 20.5. The van der Waals surface area contributed by atoms with E-state index in [0.717, 1.165) is 0 Å². The molecule has 0 atom stereocenters. The summed E-state index contributed by atoms with van der Waals surface area (Å²) >= 11 is 11.2. The lowest BCUT2D eigenvalue weighted by molar-refractivity contribution is 0.432. The molecule has 28 heavy (non-hydrogen) atoms. The lowest BCUT2D eigenvalue weighted by Gasteiger charge is -2.14. The third kappa shape index (κ3) is 4.48. The van der Waals surface area contributed by atoms with Crippen molar-refractivity contribution in [2.75, 3.05) is 5.73 Å². The van der Waals surface area contributed by atoms with Gasteiger partial charge in [0.15, 0.2) is 0 Å². The van der Waals surface area contributed by atoms with E-state index in [4.69, 9.17) is 34.2 Å². The first-order chi connectivity index (χ1) is 13.3. The number of aromatic hydroxyl groups is 1. The molecule has 3 N–H and O–H groups in total. The number of pyridine rings is 1. The zero-order valence-corrected chi connectivity index (χ0v) is 16.9. The first-order valence-corrected chi connectivity index (χ1v) is 9.20. The Hall–Kier alpha value is -2.94. The molecule has 0 fully saturated rings. The number of benzene rings is 2. The molecule has 0 aliphatic heterocycles. The quantitative estimate of drug-likeness (QED) is 0.584. The summed E-state index contributed by atoms with van der Waals surface area (Å²) in [6, 6.07) is 15.8. The molecular weight excluding hydrogens is 397 g/mol. The second kappa shape index (κ2) is 9.32. The third-order valence-electron chi connectivity index (χ3n) is 4.16. The standard InChI is InChI=1S/C15H14N2O2.C6H5Cl2N/c1-3-12-10(2)13(9-16)15(19)17(14(12)18)11-7-5-4-6-8-11;7-4-1-2-5(8)6(9)3-4/h4-8,19H,3H2,1-2H3;1-3H,9H2. The highest BCUT2D eigenvalue weighted by atomic mass is 35.5. The summed E-state index contributed by atoms with van der Waals surface area (Å²) in [6.45, 7) is 3.55. The minimum Gasteiger partial charge on any atom is -0.493 e. The van der Waals surface area contributed by atoms with Crippen molar-refractivity contribution in [1.82, 2.24) is 4.57 Å². The molecule has 144 valence electrons. The zero-order valence-electron chi connectivity index (χ0n) is 15.4. The predicted octanol–water partition coefficient (Wildman–Crippen LogP) is 4.86. The van der Waals surface area contributed by atoms with Crippen LogP contribution in [0.4, 0.5) is 5.69 Å². The van der Waals surface area contributed by atoms with Crippen LogP contribution in [0.1, 0.15) is 23.6 Å². The van der Waals surface area contributed by atoms with Gasteiger partial charge in [-0.05, 0) is 49.2 Å². The minimum atomic E-state index is -0.298. The maximum absolute atomic E-state index is 12.4. The predicted molar refractivity (Wildman–Crippen MR) is 113 cm³/mol. The van der Waals surface area contributed by atoms with Crippen LogP contribution in [0, 0.1) is 18.3 Å². The van der Waals surface area contributed by atoms with Gasteiger partial charge in [0.05, 0.1) is 16.4 Å². The Bertz CT molecular complexity index is 1090. The number of nitrogens with zero attached hydrogens (tertiary/aromatic N) is 2. The van der Waals surface area contributed by atoms with Crippen LogP contribution in [-0.2, 0) is 6.42 Å². The van der Waals surface area contributed by atoms with E-state index in [2.05, 4.69) is 0 Å². The molecule has 0 radical (unpaired) electrons. The van der Waals surface area contributed by atoms with Gasteiger partial charge in [-0.2, -0.15) is 5.26 Å². The van der Waals surface area contributed by atoms with Crippen LogP contribution in [0.5, 0.6) is 5.88 Å². The summed E-state index contributed by atoms with van der Waals surface area (Å²) in [4.78, 5) is 12.4. The molecular formula is C21H19Cl2N3O2. The summed E-state index contributed by atoms with van der Waals surface area (Å²) in [5.41, 5.74) is 7.46. The maximum Gasteiger partial charge on any atom is 0.261 e. The second-order valence-electron chi connectivity index (χ2n) is 5.91. The number of halogens is 2. The van der Waals surface area contributed by atoms with Crippen molar-refractivity contribution in [3.05, 3.63) is 85.6 Å². The van der Waals surface area contributed by atoms with Crippen LogP contribution >= 0.6 is 23.2 Å². The Labute approximate surface area is 173 Å². The van der Waals surface area contributed by atoms with Gasteiger partial charge >= 0.3 is 0 Å². The van der Waals surface area contributed by atoms with Crippen molar-refractivity contribution in [1.29, 1.82) is 5.26 Å². The number of nitrogen functional groups attached to an aromatic ring is 1. The number of aromatic nitrogens is 1. The maximum atomic E-state index is 12.4. The Balaban J connectivity index is 0.000000261. The Kier molecular flexibility index (Phi) is 7.11. The van der Waals surface area contributed by atoms with E-state index in [1.807, 2.05) is 19.1 Å². The molecule has 3 aromatic rings. The van der Waals surface area contributed by atoms with Gasteiger partial charge in [0.2, 0.25) is 5.88 Å². The molecule has 3 rings (SSSR count). The van der Waals surface area contributed by atoms with Gasteiger partial charge in [0.25, 0.3) is 5.56 Å². The molecule has 1 aromatic heterocycles. The van der Waals surface area contributed by atoms with Crippen LogP contribution in [0.25, 0.3) is 5.69 Å². The molecule has 5 nitrogen and oxygen atoms in total. The van der Waals surface area contributed by atoms with E-state index in [-0.39, 0.29) is 17.0 Å². The van der Waals surface area contributed by atoms with Crippen molar-refractivity contribution in [2.24, 2.45) is 0 Å². The highest BCUT2D eigenvalue weighted by Crippen LogP contribution is 2.24. The smallest absolute Gasteiger partial charge is 0.261 e. The molecule has 0 aliphatic carbocycles. The van der Waals surface area contributed by atoms with Gasteiger partial charge in [-0.25, -0.2) is 4.57 Å². The monoisotopic (exact) mass is 415 g/mol. The van der Waals surface area contributed by atoms with Crippen molar-refractivity contribution in [3.63, 3.8) is 0 Å². The largest absolute Gasteiger partial charge is 0.493 e. The number of nitrogens with two attached hydrogens (primary N) is 1. The SMILES string of the molecule is CCc1c(C)c(C#N)c(O)n(-c2ccccc2)c1=O.Nc1cc(Cl)ccc1Cl. The van der Waals surface area contributed by atoms with Gasteiger partial charge < -0.3 is 10.8 Å². The van der Waals surface area contributed by atoms with Crippen molar-refractivity contribution in [2.45, 2.75) is 20.3 Å². The van der Waals surface area contributed by atoms with E-state index < -0.39 is 0 Å². The first kappa shape index (κ1) is 21.4. The van der Waals surface area contributed by atoms with Gasteiger partial charge in [0.1, 0.15) is 11.6 Å². The van der Waals surface area contributed by atoms with Crippen LogP contribution < -0.4 is 11.3 Å². The van der Waals surface area contributed by atoms with Gasteiger partial charge in [-0.1, -0.05) is 48.3 Å². The average molecular weight is 416 g/mol. The summed E-state index contributed by atoms with van der Waals surface area (Å²) in [7, 11) is 0. The van der Waals surface area contributed by atoms with Crippen molar-refractivity contribution >= 4 is 28.9 Å². The van der Waals surface area contributed by atoms with E-state index in [0.29, 0.717) is 39.0 Å². The number of rotatable bonds is 2. The molecule has 0 spiro atoms. The number of para-hydroxylation sites is 1. The normalized spacial score (nSPS) is 9.96. The highest BCUT2D eigenvalue weighted by molar-refractivity contribution is 6.35. The molecule has 0 bridgehead atoms. The number of anilines is 1. The van der Waals surface area contributed by atoms with Crippen LogP contribution in [-0.4, -0.2) is 9.67 Å². The molecule has 0 saturated heterocycles. The van der Waals surface area contributed by atoms with Crippen LogP contribution in [0.2, 0.25) is 10.0 Å². The molecule has 0 amide bonds. The van der Waals surface area contributed by atoms with E-state index in [1.54, 1.807) is 49.4 Å². The topological polar surface area (TPSA) is 92.0 Å². The van der Waals surface area contributed by atoms with Gasteiger partial charge in [0, 0.05) is 10.6 Å². The van der Waals surface area contributed by atoms with Crippen LogP contribution in [0.3, 0.4) is 0 Å². The minimum absolute atomic E-state index is 0.153. The summed E-state index contributed by atoms with van der Waals surface area (Å²) in [6.07, 6.45) is 0.520. The molecule has 0 unspecified atom stereocenters. The van der Waals surface area contributed by atoms with Gasteiger partial charge in [-0.3, -0.25) is 4.79 Å². The second-order valence-corrected chi connectivity index (χ2v) is 6.75. The Morgan fingerprint density at radius 1 is 1.18 bits per heavy atom. The lowest BCUT2D eigenvalue weighted by Crippen LogP contribution is -2.24. The molecule has 0 aliphatic rings. The third-order valence-corrected chi connectivity index (χ3v) is 4.74. The first-order valence-electron chi connectivity index (χ1n) is 8.45. The zero-order chi connectivity index (χ0) is 20.8. The van der Waals surface area contributed by atoms with E-state index in [1.165, 1.54) is 4.57 Å². The van der Waals surface area contributed by atoms with E-state index in [9.17, 15) is 9.90 Å².